The minimum atomic E-state index is -0.0172. The van der Waals surface area contributed by atoms with Crippen LogP contribution >= 0.6 is 23.2 Å². The molecule has 2 atom stereocenters. The number of hydrogen-bond donors (Lipinski definition) is 0. The molecular weight excluding hydrogens is 237 g/mol. The predicted octanol–water partition coefficient (Wildman–Crippen LogP) is 1.72. The first-order valence-corrected chi connectivity index (χ1v) is 6.30. The Morgan fingerprint density at radius 3 is 2.40 bits per heavy atom. The molecule has 0 bridgehead atoms. The number of carbonyl (C=O) groups is 1. The molecule has 15 heavy (non-hydrogen) atoms. The van der Waals surface area contributed by atoms with Crippen molar-refractivity contribution in [3.8, 4) is 0 Å². The van der Waals surface area contributed by atoms with E-state index >= 15 is 0 Å². The van der Waals surface area contributed by atoms with Gasteiger partial charge in [-0.2, -0.15) is 0 Å². The van der Waals surface area contributed by atoms with Crippen LogP contribution < -0.4 is 0 Å². The monoisotopic (exact) mass is 253 g/mol. The highest BCUT2D eigenvalue weighted by molar-refractivity contribution is 6.18. The summed E-state index contributed by atoms with van der Waals surface area (Å²) in [5.74, 6) is 1.01. The van der Waals surface area contributed by atoms with Gasteiger partial charge in [0.05, 0.1) is 12.0 Å². The second-order valence-electron chi connectivity index (χ2n) is 3.67. The average molecular weight is 254 g/mol. The summed E-state index contributed by atoms with van der Waals surface area (Å²) in [4.78, 5) is 13.8. The van der Waals surface area contributed by atoms with Crippen LogP contribution in [0.5, 0.6) is 0 Å². The van der Waals surface area contributed by atoms with Gasteiger partial charge in [0.25, 0.3) is 0 Å². The molecule has 1 fully saturated rings. The third-order valence-corrected chi connectivity index (χ3v) is 3.05. The summed E-state index contributed by atoms with van der Waals surface area (Å²) >= 11 is 11.3. The topological polar surface area (TPSA) is 29.5 Å². The van der Waals surface area contributed by atoms with Crippen LogP contribution in [-0.4, -0.2) is 48.4 Å². The molecule has 1 rings (SSSR count). The highest BCUT2D eigenvalue weighted by Crippen LogP contribution is 2.22. The summed E-state index contributed by atoms with van der Waals surface area (Å²) in [6, 6.07) is 0. The molecule has 2 unspecified atom stereocenters. The van der Waals surface area contributed by atoms with E-state index in [0.29, 0.717) is 31.5 Å². The van der Waals surface area contributed by atoms with E-state index in [1.807, 2.05) is 6.92 Å². The average Bonchev–Trinajstić information content (AvgIpc) is 2.63. The summed E-state index contributed by atoms with van der Waals surface area (Å²) in [6.45, 7) is 3.74. The van der Waals surface area contributed by atoms with Crippen molar-refractivity contribution in [2.75, 3.05) is 31.5 Å². The Balaban J connectivity index is 2.54. The van der Waals surface area contributed by atoms with E-state index in [2.05, 4.69) is 0 Å². The van der Waals surface area contributed by atoms with Crippen LogP contribution in [0.15, 0.2) is 0 Å². The molecule has 1 heterocycles. The van der Waals surface area contributed by atoms with Crippen molar-refractivity contribution in [3.63, 3.8) is 0 Å². The molecule has 1 amide bonds. The molecule has 3 nitrogen and oxygen atoms in total. The van der Waals surface area contributed by atoms with Crippen LogP contribution in [0.2, 0.25) is 0 Å². The summed E-state index contributed by atoms with van der Waals surface area (Å²) in [5, 5.41) is 0. The maximum Gasteiger partial charge on any atom is 0.228 e. The van der Waals surface area contributed by atoms with Gasteiger partial charge in [0, 0.05) is 31.5 Å². The molecule has 1 aliphatic rings. The Labute approximate surface area is 101 Å². The lowest BCUT2D eigenvalue weighted by Crippen LogP contribution is -2.40. The van der Waals surface area contributed by atoms with Crippen LogP contribution in [0.3, 0.4) is 0 Å². The number of carbonyl (C=O) groups excluding carboxylic acids is 1. The summed E-state index contributed by atoms with van der Waals surface area (Å²) in [7, 11) is 0. The Morgan fingerprint density at radius 1 is 1.40 bits per heavy atom. The van der Waals surface area contributed by atoms with Crippen molar-refractivity contribution in [2.45, 2.75) is 19.4 Å². The molecule has 1 saturated heterocycles. The SMILES string of the molecule is CC1OCCC1C(=O)N(CCCl)CCCl. The molecule has 0 aromatic heterocycles. The quantitative estimate of drug-likeness (QED) is 0.699. The molecule has 5 heteroatoms. The van der Waals surface area contributed by atoms with Gasteiger partial charge in [0.2, 0.25) is 5.91 Å². The van der Waals surface area contributed by atoms with Crippen LogP contribution in [0.1, 0.15) is 13.3 Å². The predicted molar refractivity (Wildman–Crippen MR) is 61.5 cm³/mol. The lowest BCUT2D eigenvalue weighted by Gasteiger charge is -2.25. The maximum atomic E-state index is 12.1. The van der Waals surface area contributed by atoms with Crippen molar-refractivity contribution in [2.24, 2.45) is 5.92 Å². The van der Waals surface area contributed by atoms with E-state index in [9.17, 15) is 4.79 Å². The number of ether oxygens (including phenoxy) is 1. The zero-order valence-electron chi connectivity index (χ0n) is 8.92. The maximum absolute atomic E-state index is 12.1. The van der Waals surface area contributed by atoms with Gasteiger partial charge in [-0.15, -0.1) is 23.2 Å². The zero-order chi connectivity index (χ0) is 11.3. The van der Waals surface area contributed by atoms with Gasteiger partial charge in [-0.25, -0.2) is 0 Å². The van der Waals surface area contributed by atoms with E-state index in [4.69, 9.17) is 27.9 Å². The molecule has 88 valence electrons. The molecular formula is C10H17Cl2NO2. The number of rotatable bonds is 5. The molecule has 0 aromatic rings. The molecule has 0 saturated carbocycles. The van der Waals surface area contributed by atoms with Gasteiger partial charge < -0.3 is 9.64 Å². The fraction of sp³-hybridized carbons (Fsp3) is 0.900. The lowest BCUT2D eigenvalue weighted by molar-refractivity contribution is -0.136. The highest BCUT2D eigenvalue weighted by atomic mass is 35.5. The Kier molecular flexibility index (Phi) is 5.72. The van der Waals surface area contributed by atoms with Crippen LogP contribution in [0, 0.1) is 5.92 Å². The molecule has 0 aromatic carbocycles. The molecule has 0 spiro atoms. The van der Waals surface area contributed by atoms with Gasteiger partial charge in [0.15, 0.2) is 0 Å². The van der Waals surface area contributed by atoms with E-state index in [1.54, 1.807) is 4.90 Å². The van der Waals surface area contributed by atoms with Gasteiger partial charge in [0.1, 0.15) is 0 Å². The lowest BCUT2D eigenvalue weighted by atomic mass is 10.0. The van der Waals surface area contributed by atoms with E-state index in [0.717, 1.165) is 6.42 Å². The standard InChI is InChI=1S/C10H17Cl2NO2/c1-8-9(2-7-15-8)10(14)13(5-3-11)6-4-12/h8-9H,2-7H2,1H3. The molecule has 0 aliphatic carbocycles. The Hall–Kier alpha value is 0.01000. The number of amides is 1. The first kappa shape index (κ1) is 13.1. The minimum Gasteiger partial charge on any atom is -0.378 e. The molecule has 0 radical (unpaired) electrons. The molecule has 0 N–H and O–H groups in total. The van der Waals surface area contributed by atoms with Gasteiger partial charge in [-0.1, -0.05) is 0 Å². The van der Waals surface area contributed by atoms with E-state index < -0.39 is 0 Å². The Morgan fingerprint density at radius 2 is 2.00 bits per heavy atom. The summed E-state index contributed by atoms with van der Waals surface area (Å²) in [5.41, 5.74) is 0. The number of halogens is 2. The second-order valence-corrected chi connectivity index (χ2v) is 4.43. The normalized spacial score (nSPS) is 25.5. The fourth-order valence-corrected chi connectivity index (χ4v) is 2.23. The minimum absolute atomic E-state index is 0.0172. The third kappa shape index (κ3) is 3.51. The van der Waals surface area contributed by atoms with Crippen molar-refractivity contribution in [1.82, 2.24) is 4.90 Å². The van der Waals surface area contributed by atoms with Crippen LogP contribution in [0.25, 0.3) is 0 Å². The van der Waals surface area contributed by atoms with Gasteiger partial charge in [-0.3, -0.25) is 4.79 Å². The first-order chi connectivity index (χ1) is 7.20. The van der Waals surface area contributed by atoms with Crippen molar-refractivity contribution >= 4 is 29.1 Å². The van der Waals surface area contributed by atoms with Crippen molar-refractivity contribution < 1.29 is 9.53 Å². The largest absolute Gasteiger partial charge is 0.378 e. The first-order valence-electron chi connectivity index (χ1n) is 5.23. The van der Waals surface area contributed by atoms with Crippen molar-refractivity contribution in [3.05, 3.63) is 0 Å². The fourth-order valence-electron chi connectivity index (χ4n) is 1.83. The number of alkyl halides is 2. The van der Waals surface area contributed by atoms with Crippen LogP contribution in [-0.2, 0) is 9.53 Å². The van der Waals surface area contributed by atoms with Gasteiger partial charge in [-0.05, 0) is 13.3 Å². The van der Waals surface area contributed by atoms with Gasteiger partial charge >= 0.3 is 0 Å². The number of nitrogens with zero attached hydrogens (tertiary/aromatic N) is 1. The van der Waals surface area contributed by atoms with Crippen molar-refractivity contribution in [1.29, 1.82) is 0 Å². The summed E-state index contributed by atoms with van der Waals surface area (Å²) < 4.78 is 5.38. The van der Waals surface area contributed by atoms with E-state index in [-0.39, 0.29) is 17.9 Å². The molecule has 1 aliphatic heterocycles. The number of hydrogen-bond acceptors (Lipinski definition) is 2. The third-order valence-electron chi connectivity index (χ3n) is 2.71. The van der Waals surface area contributed by atoms with E-state index in [1.165, 1.54) is 0 Å². The highest BCUT2D eigenvalue weighted by Gasteiger charge is 2.33. The Bertz CT molecular complexity index is 208. The second kappa shape index (κ2) is 6.56. The summed E-state index contributed by atoms with van der Waals surface area (Å²) in [6.07, 6.45) is 0.826. The smallest absolute Gasteiger partial charge is 0.228 e. The van der Waals surface area contributed by atoms with Crippen LogP contribution in [0.4, 0.5) is 0 Å². The zero-order valence-corrected chi connectivity index (χ0v) is 10.4.